The van der Waals surface area contributed by atoms with E-state index in [9.17, 15) is 4.79 Å². The van der Waals surface area contributed by atoms with Crippen molar-refractivity contribution in [2.45, 2.75) is 46.0 Å². The summed E-state index contributed by atoms with van der Waals surface area (Å²) in [5, 5.41) is 12.2. The molecule has 1 aromatic heterocycles. The topological polar surface area (TPSA) is 69.0 Å². The maximum Gasteiger partial charge on any atom is 0.234 e. The van der Waals surface area contributed by atoms with Gasteiger partial charge in [0, 0.05) is 12.2 Å². The normalized spacial score (nSPS) is 10.7. The minimum absolute atomic E-state index is 0.0780. The number of nitrogens with one attached hydrogen (secondary N) is 1. The third-order valence-corrected chi connectivity index (χ3v) is 5.70. The summed E-state index contributed by atoms with van der Waals surface area (Å²) in [5.74, 6) is 1.63. The van der Waals surface area contributed by atoms with Gasteiger partial charge in [-0.2, -0.15) is 0 Å². The van der Waals surface area contributed by atoms with E-state index in [0.29, 0.717) is 24.1 Å². The van der Waals surface area contributed by atoms with Crippen LogP contribution in [0.3, 0.4) is 0 Å². The first kappa shape index (κ1) is 22.6. The largest absolute Gasteiger partial charge is 0.486 e. The summed E-state index contributed by atoms with van der Waals surface area (Å²) >= 11 is 1.35. The monoisotopic (exact) mass is 436 g/mol. The molecule has 0 saturated carbocycles. The van der Waals surface area contributed by atoms with Crippen LogP contribution in [0.1, 0.15) is 28.1 Å². The molecule has 0 bridgehead atoms. The van der Waals surface area contributed by atoms with E-state index < -0.39 is 0 Å². The quantitative estimate of drug-likeness (QED) is 0.377. The van der Waals surface area contributed by atoms with Crippen LogP contribution in [-0.2, 0) is 17.9 Å². The molecule has 0 unspecified atom stereocenters. The van der Waals surface area contributed by atoms with Crippen molar-refractivity contribution < 1.29 is 9.53 Å². The molecule has 0 aliphatic rings. The predicted molar refractivity (Wildman–Crippen MR) is 126 cm³/mol. The van der Waals surface area contributed by atoms with Gasteiger partial charge in [0.15, 0.2) is 11.0 Å². The molecule has 7 heteroatoms. The molecule has 0 saturated heterocycles. The number of hydrogen-bond donors (Lipinski definition) is 1. The Morgan fingerprint density at radius 2 is 1.87 bits per heavy atom. The minimum atomic E-state index is -0.0780. The van der Waals surface area contributed by atoms with Crippen molar-refractivity contribution in [2.75, 3.05) is 11.1 Å². The summed E-state index contributed by atoms with van der Waals surface area (Å²) in [4.78, 5) is 12.6. The van der Waals surface area contributed by atoms with Gasteiger partial charge in [0.2, 0.25) is 5.91 Å². The maximum atomic E-state index is 12.6. The number of aromatic nitrogens is 3. The second kappa shape index (κ2) is 10.3. The van der Waals surface area contributed by atoms with Gasteiger partial charge in [-0.1, -0.05) is 47.7 Å². The molecule has 0 aliphatic carbocycles. The molecule has 2 aromatic carbocycles. The molecule has 0 aliphatic heterocycles. The van der Waals surface area contributed by atoms with Crippen LogP contribution in [0.4, 0.5) is 5.69 Å². The van der Waals surface area contributed by atoms with Crippen molar-refractivity contribution in [1.82, 2.24) is 14.8 Å². The van der Waals surface area contributed by atoms with Crippen molar-refractivity contribution in [3.8, 4) is 5.75 Å². The molecule has 3 aromatic rings. The number of anilines is 1. The first-order valence-corrected chi connectivity index (χ1v) is 11.1. The van der Waals surface area contributed by atoms with Crippen molar-refractivity contribution in [2.24, 2.45) is 0 Å². The van der Waals surface area contributed by atoms with E-state index in [2.05, 4.69) is 34.2 Å². The lowest BCUT2D eigenvalue weighted by molar-refractivity contribution is -0.113. The fraction of sp³-hybridized carbons (Fsp3) is 0.292. The van der Waals surface area contributed by atoms with E-state index in [1.54, 1.807) is 6.08 Å². The highest BCUT2D eigenvalue weighted by molar-refractivity contribution is 7.99. The number of amides is 1. The van der Waals surface area contributed by atoms with E-state index in [0.717, 1.165) is 28.1 Å². The molecule has 0 radical (unpaired) electrons. The number of benzene rings is 2. The zero-order valence-corrected chi connectivity index (χ0v) is 19.3. The predicted octanol–water partition coefficient (Wildman–Crippen LogP) is 5.01. The molecule has 31 heavy (non-hydrogen) atoms. The molecular formula is C24H28N4O2S. The number of carbonyl (C=O) groups excluding carboxylic acids is 1. The lowest BCUT2D eigenvalue weighted by atomic mass is 10.1. The molecule has 1 N–H and O–H groups in total. The summed E-state index contributed by atoms with van der Waals surface area (Å²) in [6.07, 6.45) is 1.78. The Balaban J connectivity index is 1.64. The fourth-order valence-electron chi connectivity index (χ4n) is 3.38. The van der Waals surface area contributed by atoms with Crippen LogP contribution in [0.15, 0.2) is 54.2 Å². The number of thioether (sulfide) groups is 1. The number of nitrogens with zero attached hydrogens (tertiary/aromatic N) is 3. The Morgan fingerprint density at radius 1 is 1.13 bits per heavy atom. The SMILES string of the molecule is C=CCn1c(COc2cccc(C)c2)nnc1SCC(=O)Nc1c(C)cc(C)cc1C. The van der Waals surface area contributed by atoms with Crippen molar-refractivity contribution in [3.63, 3.8) is 0 Å². The third kappa shape index (κ3) is 5.98. The highest BCUT2D eigenvalue weighted by Crippen LogP contribution is 2.23. The van der Waals surface area contributed by atoms with Gasteiger partial charge in [0.25, 0.3) is 0 Å². The molecule has 6 nitrogen and oxygen atoms in total. The van der Waals surface area contributed by atoms with Crippen LogP contribution in [0.25, 0.3) is 0 Å². The van der Waals surface area contributed by atoms with Gasteiger partial charge in [-0.3, -0.25) is 9.36 Å². The molecule has 0 spiro atoms. The molecule has 162 valence electrons. The highest BCUT2D eigenvalue weighted by Gasteiger charge is 2.15. The summed E-state index contributed by atoms with van der Waals surface area (Å²) in [7, 11) is 0. The molecule has 1 amide bonds. The Labute approximate surface area is 187 Å². The van der Waals surface area contributed by atoms with Crippen LogP contribution in [-0.4, -0.2) is 26.4 Å². The average Bonchev–Trinajstić information content (AvgIpc) is 3.09. The number of hydrogen-bond acceptors (Lipinski definition) is 5. The smallest absolute Gasteiger partial charge is 0.234 e. The number of carbonyl (C=O) groups is 1. The van der Waals surface area contributed by atoms with E-state index in [1.807, 2.05) is 56.5 Å². The van der Waals surface area contributed by atoms with Gasteiger partial charge in [0.1, 0.15) is 12.4 Å². The third-order valence-electron chi connectivity index (χ3n) is 4.74. The van der Waals surface area contributed by atoms with Crippen LogP contribution >= 0.6 is 11.8 Å². The Bertz CT molecular complexity index is 1070. The summed E-state index contributed by atoms with van der Waals surface area (Å²) < 4.78 is 7.79. The van der Waals surface area contributed by atoms with Crippen molar-refractivity contribution in [3.05, 3.63) is 77.1 Å². The maximum absolute atomic E-state index is 12.6. The van der Waals surface area contributed by atoms with E-state index >= 15 is 0 Å². The van der Waals surface area contributed by atoms with E-state index in [-0.39, 0.29) is 11.7 Å². The second-order valence-corrected chi connectivity index (χ2v) is 8.46. The summed E-state index contributed by atoms with van der Waals surface area (Å²) in [5.41, 5.74) is 5.30. The van der Waals surface area contributed by atoms with Crippen LogP contribution in [0, 0.1) is 27.7 Å². The fourth-order valence-corrected chi connectivity index (χ4v) is 4.15. The van der Waals surface area contributed by atoms with Gasteiger partial charge >= 0.3 is 0 Å². The van der Waals surface area contributed by atoms with Gasteiger partial charge in [-0.25, -0.2) is 0 Å². The van der Waals surface area contributed by atoms with Gasteiger partial charge < -0.3 is 10.1 Å². The first-order valence-electron chi connectivity index (χ1n) is 10.1. The average molecular weight is 437 g/mol. The van der Waals surface area contributed by atoms with Gasteiger partial charge in [0.05, 0.1) is 5.75 Å². The molecule has 0 fully saturated rings. The van der Waals surface area contributed by atoms with Gasteiger partial charge in [-0.05, 0) is 56.5 Å². The minimum Gasteiger partial charge on any atom is -0.486 e. The number of rotatable bonds is 9. The zero-order valence-electron chi connectivity index (χ0n) is 18.4. The van der Waals surface area contributed by atoms with Gasteiger partial charge in [-0.15, -0.1) is 16.8 Å². The Hall–Kier alpha value is -3.06. The molecule has 3 rings (SSSR count). The summed E-state index contributed by atoms with van der Waals surface area (Å²) in [6, 6.07) is 12.0. The Kier molecular flexibility index (Phi) is 7.52. The second-order valence-electron chi connectivity index (χ2n) is 7.51. The van der Waals surface area contributed by atoms with Crippen LogP contribution in [0.5, 0.6) is 5.75 Å². The molecule has 1 heterocycles. The Morgan fingerprint density at radius 3 is 2.55 bits per heavy atom. The molecule has 0 atom stereocenters. The van der Waals surface area contributed by atoms with Crippen molar-refractivity contribution in [1.29, 1.82) is 0 Å². The number of allylic oxidation sites excluding steroid dienone is 1. The number of ether oxygens (including phenoxy) is 1. The summed E-state index contributed by atoms with van der Waals surface area (Å²) in [6.45, 7) is 12.7. The van der Waals surface area contributed by atoms with Crippen LogP contribution in [0.2, 0.25) is 0 Å². The van der Waals surface area contributed by atoms with Crippen molar-refractivity contribution >= 4 is 23.4 Å². The highest BCUT2D eigenvalue weighted by atomic mass is 32.2. The standard InChI is InChI=1S/C24H28N4O2S/c1-6-10-28-21(14-30-20-9-7-8-16(2)13-20)26-27-24(28)31-15-22(29)25-23-18(4)11-17(3)12-19(23)5/h6-9,11-13H,1,10,14-15H2,2-5H3,(H,25,29). The first-order chi connectivity index (χ1) is 14.9. The lowest BCUT2D eigenvalue weighted by Gasteiger charge is -2.13. The van der Waals surface area contributed by atoms with Crippen LogP contribution < -0.4 is 10.1 Å². The van der Waals surface area contributed by atoms with E-state index in [4.69, 9.17) is 4.74 Å². The molecular weight excluding hydrogens is 408 g/mol. The van der Waals surface area contributed by atoms with E-state index in [1.165, 1.54) is 17.3 Å². The number of aryl methyl sites for hydroxylation is 4. The zero-order chi connectivity index (χ0) is 22.4. The lowest BCUT2D eigenvalue weighted by Crippen LogP contribution is -2.16.